The highest BCUT2D eigenvalue weighted by molar-refractivity contribution is 7.92. The van der Waals surface area contributed by atoms with Gasteiger partial charge in [-0.15, -0.1) is 0 Å². The Balaban J connectivity index is 1.53. The number of pyridine rings is 1. The Hall–Kier alpha value is -3.85. The molecule has 1 saturated heterocycles. The van der Waals surface area contributed by atoms with Gasteiger partial charge in [-0.3, -0.25) is 9.52 Å². The molecule has 1 aliphatic rings. The summed E-state index contributed by atoms with van der Waals surface area (Å²) in [7, 11) is -0.615. The van der Waals surface area contributed by atoms with E-state index >= 15 is 0 Å². The monoisotopic (exact) mass is 493 g/mol. The van der Waals surface area contributed by atoms with Crippen LogP contribution in [0.25, 0.3) is 6.08 Å². The quantitative estimate of drug-likeness (QED) is 0.349. The molecule has 35 heavy (non-hydrogen) atoms. The van der Waals surface area contributed by atoms with E-state index in [2.05, 4.69) is 14.6 Å². The molecule has 9 heteroatoms. The lowest BCUT2D eigenvalue weighted by Gasteiger charge is -2.22. The van der Waals surface area contributed by atoms with Gasteiger partial charge in [0, 0.05) is 36.5 Å². The van der Waals surface area contributed by atoms with E-state index in [-0.39, 0.29) is 16.5 Å². The van der Waals surface area contributed by atoms with Crippen LogP contribution in [-0.4, -0.2) is 46.5 Å². The average molecular weight is 494 g/mol. The first-order valence-corrected chi connectivity index (χ1v) is 12.7. The van der Waals surface area contributed by atoms with Gasteiger partial charge in [0.2, 0.25) is 0 Å². The summed E-state index contributed by atoms with van der Waals surface area (Å²) in [6.07, 6.45) is 6.91. The van der Waals surface area contributed by atoms with E-state index in [1.165, 1.54) is 36.5 Å². The molecule has 1 aromatic heterocycles. The molecule has 0 bridgehead atoms. The van der Waals surface area contributed by atoms with Crippen LogP contribution in [0.1, 0.15) is 28.8 Å². The Bertz CT molecular complexity index is 1320. The van der Waals surface area contributed by atoms with Gasteiger partial charge in [-0.25, -0.2) is 13.4 Å². The van der Waals surface area contributed by atoms with E-state index in [9.17, 15) is 13.2 Å². The molecule has 4 rings (SSSR count). The molecule has 2 heterocycles. The molecule has 1 aliphatic heterocycles. The molecule has 1 fully saturated rings. The van der Waals surface area contributed by atoms with E-state index in [1.54, 1.807) is 38.5 Å². The second-order valence-corrected chi connectivity index (χ2v) is 9.69. The van der Waals surface area contributed by atoms with E-state index in [1.807, 2.05) is 12.1 Å². The van der Waals surface area contributed by atoms with Crippen LogP contribution in [0.3, 0.4) is 0 Å². The van der Waals surface area contributed by atoms with Gasteiger partial charge in [0.1, 0.15) is 17.3 Å². The van der Waals surface area contributed by atoms with Crippen molar-refractivity contribution < 1.29 is 22.7 Å². The van der Waals surface area contributed by atoms with Gasteiger partial charge < -0.3 is 14.4 Å². The minimum Gasteiger partial charge on any atom is -0.496 e. The molecule has 0 unspecified atom stereocenters. The van der Waals surface area contributed by atoms with Crippen molar-refractivity contribution in [2.75, 3.05) is 36.9 Å². The molecule has 0 atom stereocenters. The van der Waals surface area contributed by atoms with Crippen molar-refractivity contribution in [3.8, 4) is 11.5 Å². The Kier molecular flexibility index (Phi) is 7.36. The Morgan fingerprint density at radius 2 is 1.71 bits per heavy atom. The van der Waals surface area contributed by atoms with Crippen molar-refractivity contribution in [1.82, 2.24) is 4.98 Å². The molecule has 182 valence electrons. The minimum atomic E-state index is -3.81. The third-order valence-corrected chi connectivity index (χ3v) is 7.12. The summed E-state index contributed by atoms with van der Waals surface area (Å²) >= 11 is 0. The molecular weight excluding hydrogens is 466 g/mol. The number of nitrogens with zero attached hydrogens (tertiary/aromatic N) is 2. The van der Waals surface area contributed by atoms with Crippen LogP contribution in [0.5, 0.6) is 11.5 Å². The second-order valence-electron chi connectivity index (χ2n) is 8.00. The van der Waals surface area contributed by atoms with Gasteiger partial charge in [0.25, 0.3) is 10.0 Å². The average Bonchev–Trinajstić information content (AvgIpc) is 3.42. The van der Waals surface area contributed by atoms with Crippen molar-refractivity contribution in [3.63, 3.8) is 0 Å². The molecule has 0 aliphatic carbocycles. The topological polar surface area (TPSA) is 97.8 Å². The largest absolute Gasteiger partial charge is 0.496 e. The lowest BCUT2D eigenvalue weighted by atomic mass is 10.1. The van der Waals surface area contributed by atoms with Gasteiger partial charge in [0.15, 0.2) is 5.78 Å². The van der Waals surface area contributed by atoms with E-state index < -0.39 is 10.0 Å². The number of anilines is 2. The zero-order valence-electron chi connectivity index (χ0n) is 19.6. The number of rotatable bonds is 9. The number of hydrogen-bond acceptors (Lipinski definition) is 7. The van der Waals surface area contributed by atoms with Crippen LogP contribution < -0.4 is 19.1 Å². The molecule has 8 nitrogen and oxygen atoms in total. The highest BCUT2D eigenvalue weighted by Crippen LogP contribution is 2.37. The predicted octanol–water partition coefficient (Wildman–Crippen LogP) is 4.40. The van der Waals surface area contributed by atoms with Gasteiger partial charge in [-0.2, -0.15) is 0 Å². The number of carbonyl (C=O) groups is 1. The SMILES string of the molecule is COc1cc(OC)c(N2CCCC2)cc1/C=C/C(=O)c1ccc(S(=O)(=O)Nc2ccccn2)cc1. The summed E-state index contributed by atoms with van der Waals surface area (Å²) in [6, 6.07) is 14.5. The number of sulfonamides is 1. The summed E-state index contributed by atoms with van der Waals surface area (Å²) in [6.45, 7) is 1.91. The van der Waals surface area contributed by atoms with Crippen molar-refractivity contribution >= 4 is 33.4 Å². The van der Waals surface area contributed by atoms with Crippen LogP contribution in [0, 0.1) is 0 Å². The second kappa shape index (κ2) is 10.6. The maximum absolute atomic E-state index is 12.8. The van der Waals surface area contributed by atoms with Crippen LogP contribution in [0.15, 0.2) is 71.8 Å². The van der Waals surface area contributed by atoms with E-state index in [0.29, 0.717) is 11.3 Å². The lowest BCUT2D eigenvalue weighted by molar-refractivity contribution is 0.104. The third kappa shape index (κ3) is 5.63. The minimum absolute atomic E-state index is 0.0377. The fourth-order valence-electron chi connectivity index (χ4n) is 3.92. The normalized spacial score (nSPS) is 13.7. The summed E-state index contributed by atoms with van der Waals surface area (Å²) in [5, 5.41) is 0. The summed E-state index contributed by atoms with van der Waals surface area (Å²) < 4.78 is 38.6. The third-order valence-electron chi connectivity index (χ3n) is 5.75. The van der Waals surface area contributed by atoms with Crippen molar-refractivity contribution in [2.45, 2.75) is 17.7 Å². The van der Waals surface area contributed by atoms with Gasteiger partial charge in [0.05, 0.1) is 24.8 Å². The first-order chi connectivity index (χ1) is 16.9. The fourth-order valence-corrected chi connectivity index (χ4v) is 4.93. The van der Waals surface area contributed by atoms with Crippen LogP contribution in [-0.2, 0) is 10.0 Å². The predicted molar refractivity (Wildman–Crippen MR) is 136 cm³/mol. The standard InChI is InChI=1S/C26H27N3O5S/c1-33-24-18-25(34-2)22(29-15-5-6-16-29)17-20(24)10-13-23(30)19-8-11-21(12-9-19)35(31,32)28-26-7-3-4-14-27-26/h3-4,7-14,17-18H,5-6,15-16H2,1-2H3,(H,27,28)/b13-10+. The van der Waals surface area contributed by atoms with Crippen LogP contribution >= 0.6 is 0 Å². The number of methoxy groups -OCH3 is 2. The maximum Gasteiger partial charge on any atom is 0.263 e. The first kappa shape index (κ1) is 24.3. The summed E-state index contributed by atoms with van der Waals surface area (Å²) in [5.41, 5.74) is 2.08. The number of hydrogen-bond donors (Lipinski definition) is 1. The zero-order valence-corrected chi connectivity index (χ0v) is 20.4. The fraction of sp³-hybridized carbons (Fsp3) is 0.231. The highest BCUT2D eigenvalue weighted by Gasteiger charge is 2.19. The van der Waals surface area contributed by atoms with Gasteiger partial charge in [-0.05, 0) is 67.5 Å². The van der Waals surface area contributed by atoms with Crippen LogP contribution in [0.4, 0.5) is 11.5 Å². The number of ketones is 1. The molecule has 2 aromatic carbocycles. The Morgan fingerprint density at radius 3 is 2.34 bits per heavy atom. The first-order valence-electron chi connectivity index (χ1n) is 11.2. The van der Waals surface area contributed by atoms with E-state index in [4.69, 9.17) is 9.47 Å². The van der Waals surface area contributed by atoms with Crippen molar-refractivity contribution in [1.29, 1.82) is 0 Å². The molecule has 0 radical (unpaired) electrons. The van der Waals surface area contributed by atoms with Gasteiger partial charge in [-0.1, -0.05) is 6.07 Å². The Labute approximate surface area is 205 Å². The summed E-state index contributed by atoms with van der Waals surface area (Å²) in [4.78, 5) is 19.1. The van der Waals surface area contributed by atoms with E-state index in [0.717, 1.165) is 42.9 Å². The van der Waals surface area contributed by atoms with Crippen LogP contribution in [0.2, 0.25) is 0 Å². The zero-order chi connectivity index (χ0) is 24.8. The van der Waals surface area contributed by atoms with Gasteiger partial charge >= 0.3 is 0 Å². The Morgan fingerprint density at radius 1 is 1.00 bits per heavy atom. The number of nitrogens with one attached hydrogen (secondary N) is 1. The molecule has 1 N–H and O–H groups in total. The number of aromatic nitrogens is 1. The summed E-state index contributed by atoms with van der Waals surface area (Å²) in [5.74, 6) is 1.28. The molecule has 0 saturated carbocycles. The number of allylic oxidation sites excluding steroid dienone is 1. The smallest absolute Gasteiger partial charge is 0.263 e. The number of carbonyl (C=O) groups excluding carboxylic acids is 1. The molecule has 3 aromatic rings. The molecule has 0 amide bonds. The highest BCUT2D eigenvalue weighted by atomic mass is 32.2. The molecular formula is C26H27N3O5S. The maximum atomic E-state index is 12.8. The number of benzene rings is 2. The number of ether oxygens (including phenoxy) is 2. The van der Waals surface area contributed by atoms with Crippen molar-refractivity contribution in [3.05, 3.63) is 78.0 Å². The lowest BCUT2D eigenvalue weighted by Crippen LogP contribution is -2.18. The molecule has 0 spiro atoms. The van der Waals surface area contributed by atoms with Crippen molar-refractivity contribution in [2.24, 2.45) is 0 Å².